The highest BCUT2D eigenvalue weighted by Crippen LogP contribution is 2.17. The molecule has 1 fully saturated rings. The summed E-state index contributed by atoms with van der Waals surface area (Å²) < 4.78 is 5.79. The highest BCUT2D eigenvalue weighted by Gasteiger charge is 2.24. The fourth-order valence-corrected chi connectivity index (χ4v) is 2.45. The molecule has 1 amide bonds. The van der Waals surface area contributed by atoms with Gasteiger partial charge in [-0.15, -0.1) is 0 Å². The SMILES string of the molecule is CCNCc1cccc(OC(C)C(=O)N2CCCC2)c1. The first-order chi connectivity index (χ1) is 9.70. The van der Waals surface area contributed by atoms with Crippen molar-refractivity contribution in [2.24, 2.45) is 0 Å². The second-order valence-electron chi connectivity index (χ2n) is 5.22. The first-order valence-corrected chi connectivity index (χ1v) is 7.46. The normalized spacial score (nSPS) is 16.2. The number of hydrogen-bond acceptors (Lipinski definition) is 3. The van der Waals surface area contributed by atoms with Gasteiger partial charge in [0.05, 0.1) is 0 Å². The Kier molecular flexibility index (Phi) is 5.41. The average Bonchev–Trinajstić information content (AvgIpc) is 2.98. The molecule has 4 heteroatoms. The number of carbonyl (C=O) groups excluding carboxylic acids is 1. The lowest BCUT2D eigenvalue weighted by Gasteiger charge is -2.21. The summed E-state index contributed by atoms with van der Waals surface area (Å²) in [5.74, 6) is 0.861. The van der Waals surface area contributed by atoms with E-state index in [1.54, 1.807) is 0 Å². The van der Waals surface area contributed by atoms with Crippen molar-refractivity contribution in [3.63, 3.8) is 0 Å². The Balaban J connectivity index is 1.92. The van der Waals surface area contributed by atoms with Crippen LogP contribution in [0.1, 0.15) is 32.3 Å². The standard InChI is InChI=1S/C16H24N2O2/c1-3-17-12-14-7-6-8-15(11-14)20-13(2)16(19)18-9-4-5-10-18/h6-8,11,13,17H,3-5,9-10,12H2,1-2H3. The van der Waals surface area contributed by atoms with Crippen LogP contribution in [-0.2, 0) is 11.3 Å². The molecular weight excluding hydrogens is 252 g/mol. The Morgan fingerprint density at radius 2 is 2.15 bits per heavy atom. The van der Waals surface area contributed by atoms with Crippen LogP contribution in [0.5, 0.6) is 5.75 Å². The van der Waals surface area contributed by atoms with Gasteiger partial charge in [-0.2, -0.15) is 0 Å². The predicted octanol–water partition coefficient (Wildman–Crippen LogP) is 2.19. The molecule has 4 nitrogen and oxygen atoms in total. The molecule has 1 saturated heterocycles. The first kappa shape index (κ1) is 14.9. The van der Waals surface area contributed by atoms with Gasteiger partial charge >= 0.3 is 0 Å². The van der Waals surface area contributed by atoms with Crippen LogP contribution in [-0.4, -0.2) is 36.5 Å². The lowest BCUT2D eigenvalue weighted by atomic mass is 10.2. The molecule has 1 unspecified atom stereocenters. The van der Waals surface area contributed by atoms with Crippen molar-refractivity contribution in [2.75, 3.05) is 19.6 Å². The van der Waals surface area contributed by atoms with Crippen molar-refractivity contribution in [3.8, 4) is 5.75 Å². The van der Waals surface area contributed by atoms with Gasteiger partial charge in [0.2, 0.25) is 0 Å². The van der Waals surface area contributed by atoms with Crippen molar-refractivity contribution in [3.05, 3.63) is 29.8 Å². The van der Waals surface area contributed by atoms with Gasteiger partial charge in [-0.3, -0.25) is 4.79 Å². The van der Waals surface area contributed by atoms with E-state index < -0.39 is 6.10 Å². The van der Waals surface area contributed by atoms with Crippen LogP contribution >= 0.6 is 0 Å². The molecule has 0 spiro atoms. The number of benzene rings is 1. The van der Waals surface area contributed by atoms with Gasteiger partial charge in [-0.25, -0.2) is 0 Å². The number of rotatable bonds is 6. The Morgan fingerprint density at radius 3 is 2.85 bits per heavy atom. The van der Waals surface area contributed by atoms with E-state index in [1.807, 2.05) is 30.0 Å². The summed E-state index contributed by atoms with van der Waals surface area (Å²) in [5.41, 5.74) is 1.17. The van der Waals surface area contributed by atoms with E-state index in [0.29, 0.717) is 0 Å². The number of amides is 1. The molecular formula is C16H24N2O2. The number of carbonyl (C=O) groups is 1. The molecule has 0 bridgehead atoms. The van der Waals surface area contributed by atoms with Crippen molar-refractivity contribution in [1.29, 1.82) is 0 Å². The third-order valence-electron chi connectivity index (χ3n) is 3.56. The van der Waals surface area contributed by atoms with Crippen LogP contribution in [0.2, 0.25) is 0 Å². The predicted molar refractivity (Wildman–Crippen MR) is 79.7 cm³/mol. The summed E-state index contributed by atoms with van der Waals surface area (Å²) >= 11 is 0. The quantitative estimate of drug-likeness (QED) is 0.866. The minimum atomic E-state index is -0.414. The van der Waals surface area contributed by atoms with Crippen molar-refractivity contribution in [2.45, 2.75) is 39.3 Å². The number of ether oxygens (including phenoxy) is 1. The molecule has 1 N–H and O–H groups in total. The highest BCUT2D eigenvalue weighted by molar-refractivity contribution is 5.81. The summed E-state index contributed by atoms with van der Waals surface area (Å²) in [4.78, 5) is 14.1. The van der Waals surface area contributed by atoms with Gasteiger partial charge in [-0.1, -0.05) is 19.1 Å². The fraction of sp³-hybridized carbons (Fsp3) is 0.562. The highest BCUT2D eigenvalue weighted by atomic mass is 16.5. The summed E-state index contributed by atoms with van der Waals surface area (Å²) in [5, 5.41) is 3.28. The summed E-state index contributed by atoms with van der Waals surface area (Å²) in [7, 11) is 0. The zero-order valence-corrected chi connectivity index (χ0v) is 12.4. The van der Waals surface area contributed by atoms with E-state index in [1.165, 1.54) is 5.56 Å². The van der Waals surface area contributed by atoms with E-state index in [0.717, 1.165) is 44.8 Å². The third kappa shape index (κ3) is 3.97. The fourth-order valence-electron chi connectivity index (χ4n) is 2.45. The minimum absolute atomic E-state index is 0.0968. The van der Waals surface area contributed by atoms with Gasteiger partial charge in [0.25, 0.3) is 5.91 Å². The topological polar surface area (TPSA) is 41.6 Å². The maximum absolute atomic E-state index is 12.2. The van der Waals surface area contributed by atoms with Crippen LogP contribution in [0.15, 0.2) is 24.3 Å². The van der Waals surface area contributed by atoms with Crippen LogP contribution in [0.25, 0.3) is 0 Å². The molecule has 2 rings (SSSR count). The number of hydrogen-bond donors (Lipinski definition) is 1. The summed E-state index contributed by atoms with van der Waals surface area (Å²) in [6, 6.07) is 7.93. The van der Waals surface area contributed by atoms with E-state index in [4.69, 9.17) is 4.74 Å². The van der Waals surface area contributed by atoms with Crippen LogP contribution in [0.4, 0.5) is 0 Å². The first-order valence-electron chi connectivity index (χ1n) is 7.46. The number of nitrogens with zero attached hydrogens (tertiary/aromatic N) is 1. The molecule has 20 heavy (non-hydrogen) atoms. The van der Waals surface area contributed by atoms with E-state index >= 15 is 0 Å². The van der Waals surface area contributed by atoms with Crippen molar-refractivity contribution in [1.82, 2.24) is 10.2 Å². The molecule has 0 aliphatic carbocycles. The zero-order valence-electron chi connectivity index (χ0n) is 12.4. The van der Waals surface area contributed by atoms with Gasteiger partial charge in [0, 0.05) is 19.6 Å². The van der Waals surface area contributed by atoms with Crippen LogP contribution in [0, 0.1) is 0 Å². The number of nitrogens with one attached hydrogen (secondary N) is 1. The maximum atomic E-state index is 12.2. The van der Waals surface area contributed by atoms with Crippen LogP contribution < -0.4 is 10.1 Å². The van der Waals surface area contributed by atoms with Crippen molar-refractivity contribution >= 4 is 5.91 Å². The Morgan fingerprint density at radius 1 is 1.40 bits per heavy atom. The van der Waals surface area contributed by atoms with E-state index in [-0.39, 0.29) is 5.91 Å². The van der Waals surface area contributed by atoms with Crippen LogP contribution in [0.3, 0.4) is 0 Å². The second-order valence-corrected chi connectivity index (χ2v) is 5.22. The lowest BCUT2D eigenvalue weighted by Crippen LogP contribution is -2.38. The molecule has 0 aromatic heterocycles. The lowest BCUT2D eigenvalue weighted by molar-refractivity contribution is -0.136. The molecule has 1 aromatic rings. The second kappa shape index (κ2) is 7.29. The monoisotopic (exact) mass is 276 g/mol. The summed E-state index contributed by atoms with van der Waals surface area (Å²) in [6.45, 7) is 7.41. The van der Waals surface area contributed by atoms with E-state index in [2.05, 4.69) is 18.3 Å². The molecule has 1 atom stereocenters. The molecule has 110 valence electrons. The van der Waals surface area contributed by atoms with Gasteiger partial charge in [0.15, 0.2) is 6.10 Å². The van der Waals surface area contributed by atoms with Gasteiger partial charge in [0.1, 0.15) is 5.75 Å². The molecule has 1 aliphatic rings. The molecule has 1 aromatic carbocycles. The van der Waals surface area contributed by atoms with Gasteiger partial charge in [-0.05, 0) is 44.0 Å². The molecule has 0 saturated carbocycles. The largest absolute Gasteiger partial charge is 0.481 e. The Bertz CT molecular complexity index is 442. The van der Waals surface area contributed by atoms with Crippen molar-refractivity contribution < 1.29 is 9.53 Å². The summed E-state index contributed by atoms with van der Waals surface area (Å²) in [6.07, 6.45) is 1.80. The molecule has 1 aliphatic heterocycles. The van der Waals surface area contributed by atoms with Gasteiger partial charge < -0.3 is 15.0 Å². The minimum Gasteiger partial charge on any atom is -0.481 e. The molecule has 0 radical (unpaired) electrons. The smallest absolute Gasteiger partial charge is 0.263 e. The maximum Gasteiger partial charge on any atom is 0.263 e. The third-order valence-corrected chi connectivity index (χ3v) is 3.56. The Labute approximate surface area is 121 Å². The van der Waals surface area contributed by atoms with E-state index in [9.17, 15) is 4.79 Å². The zero-order chi connectivity index (χ0) is 14.4. The molecule has 1 heterocycles. The Hall–Kier alpha value is -1.55. The number of likely N-dealkylation sites (tertiary alicyclic amines) is 1. The average molecular weight is 276 g/mol.